The van der Waals surface area contributed by atoms with Gasteiger partial charge < -0.3 is 15.2 Å². The summed E-state index contributed by atoms with van der Waals surface area (Å²) in [6.45, 7) is 4.71. The zero-order valence-corrected chi connectivity index (χ0v) is 14.1. The number of rotatable bonds is 4. The Morgan fingerprint density at radius 3 is 1.71 bits per heavy atom. The molecule has 90 valence electrons. The van der Waals surface area contributed by atoms with Crippen molar-refractivity contribution in [2.45, 2.75) is 13.3 Å². The molecule has 3 nitrogen and oxygen atoms in total. The van der Waals surface area contributed by atoms with Crippen molar-refractivity contribution in [1.29, 1.82) is 0 Å². The Hall–Kier alpha value is 1.49. The molecule has 0 aliphatic heterocycles. The van der Waals surface area contributed by atoms with Crippen molar-refractivity contribution in [3.63, 3.8) is 0 Å². The van der Waals surface area contributed by atoms with E-state index in [0.717, 1.165) is 6.42 Å². The van der Waals surface area contributed by atoms with E-state index in [9.17, 15) is 0 Å². The topological polar surface area (TPSA) is 42.3 Å². The Kier molecular flexibility index (Phi) is 35.7. The molecule has 0 saturated carbocycles. The van der Waals surface area contributed by atoms with Crippen LogP contribution in [0, 0.1) is 6.61 Å². The van der Waals surface area contributed by atoms with Crippen molar-refractivity contribution in [3.8, 4) is 0 Å². The van der Waals surface area contributed by atoms with Crippen LogP contribution in [0.3, 0.4) is 0 Å². The Bertz CT molecular complexity index is 73.2. The van der Waals surface area contributed by atoms with Crippen LogP contribution in [0.5, 0.6) is 0 Å². The molecule has 0 atom stereocenters. The van der Waals surface area contributed by atoms with Crippen LogP contribution in [0.15, 0.2) is 0 Å². The quantitative estimate of drug-likeness (QED) is 0.497. The summed E-state index contributed by atoms with van der Waals surface area (Å²) in [5, 5.41) is 0. The van der Waals surface area contributed by atoms with E-state index < -0.39 is 15.2 Å². The van der Waals surface area contributed by atoms with Crippen molar-refractivity contribution in [2.75, 3.05) is 27.4 Å². The summed E-state index contributed by atoms with van der Waals surface area (Å²) in [5.41, 5.74) is 6.45. The van der Waals surface area contributed by atoms with Gasteiger partial charge in [-0.05, 0) is 7.11 Å². The molecule has 0 aromatic carbocycles. The van der Waals surface area contributed by atoms with E-state index >= 15 is 0 Å². The molecule has 0 unspecified atom stereocenters. The molecule has 0 aromatic rings. The standard InChI is InChI=1S/C4H9O2.C3H8N.3ClH.Ta/c1-5-3-4-6-2;1-2-3-4;;;;/h3H,4H2,1-2H3;4H,2-3H2,1H3;3*1H;/q2*-1;;;;+3/p-3. The number of halogens is 3. The van der Waals surface area contributed by atoms with E-state index in [1.165, 1.54) is 0 Å². The maximum absolute atomic E-state index is 6.45. The number of methoxy groups -OCH3 is 2. The van der Waals surface area contributed by atoms with Gasteiger partial charge in [0.05, 0.1) is 0 Å². The van der Waals surface area contributed by atoms with Gasteiger partial charge in [-0.1, -0.05) is 20.0 Å². The van der Waals surface area contributed by atoms with E-state index in [0.29, 0.717) is 13.2 Å². The van der Waals surface area contributed by atoms with Crippen LogP contribution < -0.4 is 0 Å². The summed E-state index contributed by atoms with van der Waals surface area (Å²) in [4.78, 5) is 0. The molecular weight excluding hydrogens is 417 g/mol. The second-order valence-electron chi connectivity index (χ2n) is 1.80. The first-order chi connectivity index (χ1) is 6.56. The number of ether oxygens (including phenoxy) is 2. The second-order valence-corrected chi connectivity index (χ2v) is 15.7. The van der Waals surface area contributed by atoms with Gasteiger partial charge in [-0.2, -0.15) is 13.2 Å². The molecular formula is C7H17Cl3NO2Ta-2. The van der Waals surface area contributed by atoms with Gasteiger partial charge in [-0.25, -0.2) is 0 Å². The van der Waals surface area contributed by atoms with Gasteiger partial charge in [-0.15, -0.1) is 0 Å². The first kappa shape index (κ1) is 20.8. The minimum absolute atomic E-state index is 0.566. The number of nitrogens with one attached hydrogen (secondary N) is 1. The normalized spacial score (nSPS) is 8.57. The van der Waals surface area contributed by atoms with Gasteiger partial charge in [0.25, 0.3) is 0 Å². The Morgan fingerprint density at radius 1 is 1.29 bits per heavy atom. The first-order valence-electron chi connectivity index (χ1n) is 3.82. The molecule has 0 rings (SSSR count). The predicted molar refractivity (Wildman–Crippen MR) is 60.2 cm³/mol. The Balaban J connectivity index is -0.000000135. The predicted octanol–water partition coefficient (Wildman–Crippen LogP) is 3.96. The average Bonchev–Trinajstić information content (AvgIpc) is 2.14. The van der Waals surface area contributed by atoms with Crippen molar-refractivity contribution < 1.29 is 24.7 Å². The molecule has 1 N–H and O–H groups in total. The summed E-state index contributed by atoms with van der Waals surface area (Å²) >= 11 is -2.18. The molecule has 0 saturated heterocycles. The minimum atomic E-state index is -2.18. The molecule has 0 aromatic heterocycles. The van der Waals surface area contributed by atoms with E-state index in [4.69, 9.17) is 33.3 Å². The van der Waals surface area contributed by atoms with E-state index in [1.807, 2.05) is 6.92 Å². The third kappa shape index (κ3) is 69.8. The molecule has 0 aliphatic carbocycles. The summed E-state index contributed by atoms with van der Waals surface area (Å²) in [7, 11) is 18.2. The van der Waals surface area contributed by atoms with Gasteiger partial charge in [0.2, 0.25) is 0 Å². The van der Waals surface area contributed by atoms with Gasteiger partial charge in [0.15, 0.2) is 0 Å². The van der Waals surface area contributed by atoms with Crippen LogP contribution in [0.1, 0.15) is 13.3 Å². The summed E-state index contributed by atoms with van der Waals surface area (Å²) in [6, 6.07) is 0. The summed E-state index contributed by atoms with van der Waals surface area (Å²) in [6.07, 6.45) is 0.986. The maximum atomic E-state index is 6.45. The Labute approximate surface area is 105 Å². The molecule has 0 amide bonds. The zero-order chi connectivity index (χ0) is 11.8. The van der Waals surface area contributed by atoms with Gasteiger partial charge >= 0.3 is 42.8 Å². The van der Waals surface area contributed by atoms with Gasteiger partial charge in [-0.3, -0.25) is 0 Å². The Morgan fingerprint density at radius 2 is 1.64 bits per heavy atom. The van der Waals surface area contributed by atoms with Crippen LogP contribution in [0.2, 0.25) is 0 Å². The molecule has 0 heterocycles. The van der Waals surface area contributed by atoms with Crippen LogP contribution in [-0.4, -0.2) is 27.4 Å². The monoisotopic (exact) mass is 433 g/mol. The van der Waals surface area contributed by atoms with E-state index in [-0.39, 0.29) is 0 Å². The fraction of sp³-hybridized carbons (Fsp3) is 0.857. The molecule has 14 heavy (non-hydrogen) atoms. The molecule has 0 fully saturated rings. The van der Waals surface area contributed by atoms with E-state index in [2.05, 4.69) is 9.47 Å². The SMILES string of the molecule is CCC[NH-].CO[CH-]COC.[Cl][Ta]([Cl])[Cl]. The van der Waals surface area contributed by atoms with Crippen LogP contribution in [0.4, 0.5) is 0 Å². The van der Waals surface area contributed by atoms with E-state index in [1.54, 1.807) is 20.8 Å². The van der Waals surface area contributed by atoms with Crippen LogP contribution >= 0.6 is 27.6 Å². The first-order valence-corrected chi connectivity index (χ1v) is 15.8. The zero-order valence-electron chi connectivity index (χ0n) is 8.60. The average molecular weight is 435 g/mol. The second kappa shape index (κ2) is 24.0. The summed E-state index contributed by atoms with van der Waals surface area (Å²) in [5.74, 6) is 0. The number of hydrogen-bond acceptors (Lipinski definition) is 2. The molecule has 7 heteroatoms. The number of hydrogen-bond donors (Lipinski definition) is 0. The third-order valence-electron chi connectivity index (χ3n) is 0.651. The van der Waals surface area contributed by atoms with Gasteiger partial charge in [0.1, 0.15) is 0 Å². The molecule has 0 bridgehead atoms. The van der Waals surface area contributed by atoms with Crippen molar-refractivity contribution in [2.24, 2.45) is 0 Å². The molecule has 0 spiro atoms. The van der Waals surface area contributed by atoms with Crippen molar-refractivity contribution in [3.05, 3.63) is 12.3 Å². The fourth-order valence-electron chi connectivity index (χ4n) is 0.136. The van der Waals surface area contributed by atoms with Gasteiger partial charge in [0, 0.05) is 7.11 Å². The fourth-order valence-corrected chi connectivity index (χ4v) is 0.136. The summed E-state index contributed by atoms with van der Waals surface area (Å²) < 4.78 is 9.13. The van der Waals surface area contributed by atoms with Crippen LogP contribution in [0.25, 0.3) is 5.73 Å². The van der Waals surface area contributed by atoms with Crippen molar-refractivity contribution in [1.82, 2.24) is 0 Å². The third-order valence-corrected chi connectivity index (χ3v) is 0.651. The molecule has 0 radical (unpaired) electrons. The van der Waals surface area contributed by atoms with Crippen LogP contribution in [-0.2, 0) is 24.7 Å². The molecule has 0 aliphatic rings. The van der Waals surface area contributed by atoms with Crippen molar-refractivity contribution >= 4 is 27.6 Å².